The van der Waals surface area contributed by atoms with Crippen LogP contribution in [0.15, 0.2) is 35.9 Å². The van der Waals surface area contributed by atoms with Crippen LogP contribution < -0.4 is 4.90 Å². The molecule has 2 N–H and O–H groups in total. The first-order valence-electron chi connectivity index (χ1n) is 9.86. The van der Waals surface area contributed by atoms with E-state index in [-0.39, 0.29) is 5.17 Å². The Hall–Kier alpha value is -2.68. The fourth-order valence-corrected chi connectivity index (χ4v) is 4.11. The SMILES string of the molecule is CC1=CCCC=C1OCC1CCCN(c2cnc3cnn(C(=N)SC=N)c3n2)C1. The zero-order chi connectivity index (χ0) is 20.2. The molecule has 2 aromatic rings. The van der Waals surface area contributed by atoms with Gasteiger partial charge in [0.15, 0.2) is 10.8 Å². The van der Waals surface area contributed by atoms with E-state index < -0.39 is 0 Å². The molecular formula is C20H25N7OS. The van der Waals surface area contributed by atoms with Crippen molar-refractivity contribution >= 4 is 39.5 Å². The van der Waals surface area contributed by atoms with Gasteiger partial charge in [-0.2, -0.15) is 9.78 Å². The summed E-state index contributed by atoms with van der Waals surface area (Å²) in [5.41, 5.74) is 3.54. The zero-order valence-corrected chi connectivity index (χ0v) is 17.3. The standard InChI is InChI=1S/C20H25N7OS/c1-14-5-2-3-7-17(14)28-12-15-6-4-8-26(11-15)18-10-23-16-9-24-27(19(16)25-18)20(22)29-13-21/h5,7,9-10,13,15,21-22H,2-4,6,8,11-12H2,1H3. The molecule has 0 spiro atoms. The van der Waals surface area contributed by atoms with Crippen molar-refractivity contribution in [3.05, 3.63) is 35.9 Å². The molecule has 2 aromatic heterocycles. The van der Waals surface area contributed by atoms with Crippen molar-refractivity contribution in [1.29, 1.82) is 10.8 Å². The van der Waals surface area contributed by atoms with Crippen molar-refractivity contribution in [3.63, 3.8) is 0 Å². The Labute approximate surface area is 174 Å². The van der Waals surface area contributed by atoms with Gasteiger partial charge in [0.25, 0.3) is 0 Å². The third-order valence-electron chi connectivity index (χ3n) is 5.28. The van der Waals surface area contributed by atoms with E-state index in [0.29, 0.717) is 23.7 Å². The van der Waals surface area contributed by atoms with Crippen molar-refractivity contribution in [2.45, 2.75) is 32.6 Å². The summed E-state index contributed by atoms with van der Waals surface area (Å²) in [4.78, 5) is 11.5. The Balaban J connectivity index is 1.46. The Kier molecular flexibility index (Phi) is 5.94. The van der Waals surface area contributed by atoms with Gasteiger partial charge in [-0.25, -0.2) is 9.97 Å². The second kappa shape index (κ2) is 8.77. The van der Waals surface area contributed by atoms with Crippen molar-refractivity contribution in [2.75, 3.05) is 24.6 Å². The van der Waals surface area contributed by atoms with Gasteiger partial charge in [-0.3, -0.25) is 5.41 Å². The lowest BCUT2D eigenvalue weighted by atomic mass is 9.99. The molecule has 1 aliphatic heterocycles. The first-order valence-corrected chi connectivity index (χ1v) is 10.7. The number of fused-ring (bicyclic) bond motifs is 1. The maximum atomic E-state index is 8.05. The number of allylic oxidation sites excluding steroid dienone is 3. The van der Waals surface area contributed by atoms with Crippen LogP contribution in [0.2, 0.25) is 0 Å². The summed E-state index contributed by atoms with van der Waals surface area (Å²) in [6.07, 6.45) is 12.2. The third-order valence-corrected chi connectivity index (χ3v) is 5.79. The van der Waals surface area contributed by atoms with Gasteiger partial charge in [0.2, 0.25) is 0 Å². The van der Waals surface area contributed by atoms with E-state index in [1.807, 2.05) is 0 Å². The lowest BCUT2D eigenvalue weighted by molar-refractivity contribution is 0.158. The number of piperidine rings is 1. The predicted molar refractivity (Wildman–Crippen MR) is 117 cm³/mol. The number of rotatable bonds is 5. The molecule has 1 saturated heterocycles. The van der Waals surface area contributed by atoms with E-state index in [2.05, 4.69) is 34.1 Å². The highest BCUT2D eigenvalue weighted by Crippen LogP contribution is 2.25. The van der Waals surface area contributed by atoms with Crippen LogP contribution in [0.4, 0.5) is 5.82 Å². The van der Waals surface area contributed by atoms with Crippen LogP contribution in [-0.4, -0.2) is 50.2 Å². The molecule has 0 saturated carbocycles. The fraction of sp³-hybridized carbons (Fsp3) is 0.450. The maximum Gasteiger partial charge on any atom is 0.189 e. The van der Waals surface area contributed by atoms with Gasteiger partial charge in [0.1, 0.15) is 17.1 Å². The molecule has 4 rings (SSSR count). The van der Waals surface area contributed by atoms with Crippen LogP contribution in [0.3, 0.4) is 0 Å². The van der Waals surface area contributed by atoms with E-state index in [1.165, 1.54) is 10.3 Å². The molecule has 3 heterocycles. The first kappa shape index (κ1) is 19.6. The quantitative estimate of drug-likeness (QED) is 0.573. The van der Waals surface area contributed by atoms with Gasteiger partial charge in [-0.1, -0.05) is 6.08 Å². The maximum absolute atomic E-state index is 8.05. The lowest BCUT2D eigenvalue weighted by Crippen LogP contribution is -2.37. The minimum atomic E-state index is 0.135. The molecule has 1 unspecified atom stereocenters. The minimum absolute atomic E-state index is 0.135. The van der Waals surface area contributed by atoms with Crippen LogP contribution >= 0.6 is 11.8 Å². The molecule has 0 bridgehead atoms. The Morgan fingerprint density at radius 2 is 2.21 bits per heavy atom. The highest BCUT2D eigenvalue weighted by molar-refractivity contribution is 8.24. The second-order valence-electron chi connectivity index (χ2n) is 7.33. The van der Waals surface area contributed by atoms with E-state index in [4.69, 9.17) is 20.5 Å². The molecule has 1 fully saturated rings. The van der Waals surface area contributed by atoms with E-state index in [9.17, 15) is 0 Å². The van der Waals surface area contributed by atoms with E-state index >= 15 is 0 Å². The average Bonchev–Trinajstić information content (AvgIpc) is 3.17. The van der Waals surface area contributed by atoms with Gasteiger partial charge < -0.3 is 15.0 Å². The predicted octanol–water partition coefficient (Wildman–Crippen LogP) is 3.81. The van der Waals surface area contributed by atoms with Gasteiger partial charge in [-0.05, 0) is 56.0 Å². The molecular weight excluding hydrogens is 386 g/mol. The van der Waals surface area contributed by atoms with E-state index in [1.54, 1.807) is 12.4 Å². The summed E-state index contributed by atoms with van der Waals surface area (Å²) in [7, 11) is 0. The van der Waals surface area contributed by atoms with Gasteiger partial charge in [0, 0.05) is 19.0 Å². The van der Waals surface area contributed by atoms with Crippen LogP contribution in [0, 0.1) is 16.7 Å². The van der Waals surface area contributed by atoms with Crippen molar-refractivity contribution in [1.82, 2.24) is 19.7 Å². The second-order valence-corrected chi connectivity index (χ2v) is 8.19. The number of hydrogen-bond donors (Lipinski definition) is 2. The number of nitrogens with one attached hydrogen (secondary N) is 2. The molecule has 29 heavy (non-hydrogen) atoms. The highest BCUT2D eigenvalue weighted by atomic mass is 32.2. The number of hydrogen-bond acceptors (Lipinski definition) is 8. The Bertz CT molecular complexity index is 980. The highest BCUT2D eigenvalue weighted by Gasteiger charge is 2.23. The molecule has 152 valence electrons. The number of ether oxygens (including phenoxy) is 1. The smallest absolute Gasteiger partial charge is 0.189 e. The first-order chi connectivity index (χ1) is 14.2. The summed E-state index contributed by atoms with van der Waals surface area (Å²) < 4.78 is 7.55. The van der Waals surface area contributed by atoms with Gasteiger partial charge >= 0.3 is 0 Å². The van der Waals surface area contributed by atoms with E-state index in [0.717, 1.165) is 67.7 Å². The largest absolute Gasteiger partial charge is 0.493 e. The molecule has 2 aliphatic rings. The molecule has 0 radical (unpaired) electrons. The summed E-state index contributed by atoms with van der Waals surface area (Å²) in [5, 5.41) is 19.6. The van der Waals surface area contributed by atoms with Crippen LogP contribution in [0.1, 0.15) is 32.6 Å². The Morgan fingerprint density at radius 1 is 1.34 bits per heavy atom. The van der Waals surface area contributed by atoms with Crippen molar-refractivity contribution < 1.29 is 4.74 Å². The zero-order valence-electron chi connectivity index (χ0n) is 16.5. The average molecular weight is 412 g/mol. The van der Waals surface area contributed by atoms with Crippen LogP contribution in [0.25, 0.3) is 11.2 Å². The van der Waals surface area contributed by atoms with Crippen LogP contribution in [-0.2, 0) is 4.74 Å². The van der Waals surface area contributed by atoms with Gasteiger partial charge in [-0.15, -0.1) is 0 Å². The van der Waals surface area contributed by atoms with Crippen molar-refractivity contribution in [3.8, 4) is 0 Å². The number of nitrogens with zero attached hydrogens (tertiary/aromatic N) is 5. The summed E-state index contributed by atoms with van der Waals surface area (Å²) >= 11 is 0.984. The van der Waals surface area contributed by atoms with Crippen molar-refractivity contribution in [2.24, 2.45) is 5.92 Å². The topological polar surface area (TPSA) is 104 Å². The normalized spacial score (nSPS) is 19.6. The molecule has 8 nitrogen and oxygen atoms in total. The molecule has 9 heteroatoms. The lowest BCUT2D eigenvalue weighted by Gasteiger charge is -2.33. The summed E-state index contributed by atoms with van der Waals surface area (Å²) in [6.45, 7) is 4.62. The number of anilines is 1. The molecule has 0 amide bonds. The number of aromatic nitrogens is 4. The fourth-order valence-electron chi connectivity index (χ4n) is 3.77. The monoisotopic (exact) mass is 411 g/mol. The van der Waals surface area contributed by atoms with Gasteiger partial charge in [0.05, 0.1) is 24.5 Å². The molecule has 1 atom stereocenters. The minimum Gasteiger partial charge on any atom is -0.493 e. The Morgan fingerprint density at radius 3 is 3.03 bits per heavy atom. The summed E-state index contributed by atoms with van der Waals surface area (Å²) in [6, 6.07) is 0. The summed E-state index contributed by atoms with van der Waals surface area (Å²) in [5.74, 6) is 2.26. The number of thioether (sulfide) groups is 1. The third kappa shape index (κ3) is 4.34. The molecule has 1 aliphatic carbocycles. The van der Waals surface area contributed by atoms with Crippen LogP contribution in [0.5, 0.6) is 0 Å². The molecule has 0 aromatic carbocycles.